The molecule has 0 saturated carbocycles. The Kier molecular flexibility index (Phi) is 4.37. The summed E-state index contributed by atoms with van der Waals surface area (Å²) in [5.41, 5.74) is 6.90. The lowest BCUT2D eigenvalue weighted by molar-refractivity contribution is -0.0166. The van der Waals surface area contributed by atoms with Gasteiger partial charge in [-0.2, -0.15) is 0 Å². The fourth-order valence-corrected chi connectivity index (χ4v) is 3.28. The van der Waals surface area contributed by atoms with Gasteiger partial charge in [-0.1, -0.05) is 0 Å². The van der Waals surface area contributed by atoms with Crippen LogP contribution in [0.2, 0.25) is 0 Å². The van der Waals surface area contributed by atoms with E-state index >= 15 is 0 Å². The van der Waals surface area contributed by atoms with Gasteiger partial charge in [0, 0.05) is 0 Å². The number of rotatable bonds is 5. The van der Waals surface area contributed by atoms with Gasteiger partial charge in [-0.3, -0.25) is 9.09 Å². The molecule has 3 rings (SSSR count). The number of hydrogen-bond acceptors (Lipinski definition) is 8. The first-order valence-electron chi connectivity index (χ1n) is 6.61. The Hall–Kier alpha value is -1.19. The maximum Gasteiger partial charge on any atom is 0.386 e. The van der Waals surface area contributed by atoms with Crippen molar-refractivity contribution in [2.75, 3.05) is 18.6 Å². The molecule has 2 aromatic rings. The Balaban J connectivity index is 1.69. The van der Waals surface area contributed by atoms with Crippen LogP contribution in [-0.2, 0) is 13.8 Å². The monoisotopic (exact) mass is 345 g/mol. The van der Waals surface area contributed by atoms with Crippen LogP contribution in [0.15, 0.2) is 12.7 Å². The van der Waals surface area contributed by atoms with E-state index < -0.39 is 6.80 Å². The van der Waals surface area contributed by atoms with Crippen molar-refractivity contribution in [1.29, 1.82) is 0 Å². The van der Waals surface area contributed by atoms with Crippen LogP contribution in [0.25, 0.3) is 11.2 Å². The molecular formula is C11H16N5O4PS. The number of imidazole rings is 1. The minimum Gasteiger partial charge on any atom is -0.382 e. The summed E-state index contributed by atoms with van der Waals surface area (Å²) in [6.45, 7) is -3.49. The summed E-state index contributed by atoms with van der Waals surface area (Å²) >= 11 is 0.800. The van der Waals surface area contributed by atoms with Crippen LogP contribution in [0.4, 0.5) is 5.82 Å². The molecule has 2 unspecified atom stereocenters. The highest BCUT2D eigenvalue weighted by atomic mass is 32.7. The van der Waals surface area contributed by atoms with Gasteiger partial charge >= 0.3 is 6.80 Å². The number of aromatic nitrogens is 4. The molecule has 0 radical (unpaired) electrons. The second kappa shape index (κ2) is 6.13. The van der Waals surface area contributed by atoms with Crippen LogP contribution in [-0.4, -0.2) is 43.4 Å². The minimum absolute atomic E-state index is 0.0782. The number of ether oxygens (including phenoxy) is 1. The molecule has 0 aromatic carbocycles. The predicted octanol–water partition coefficient (Wildman–Crippen LogP) is 1.57. The van der Waals surface area contributed by atoms with E-state index in [1.165, 1.54) is 12.6 Å². The largest absolute Gasteiger partial charge is 0.386 e. The lowest BCUT2D eigenvalue weighted by Crippen LogP contribution is -2.15. The van der Waals surface area contributed by atoms with E-state index in [9.17, 15) is 9.46 Å². The molecule has 2 aromatic heterocycles. The smallest absolute Gasteiger partial charge is 0.382 e. The summed E-state index contributed by atoms with van der Waals surface area (Å²) in [6.07, 6.45) is 5.49. The third kappa shape index (κ3) is 3.11. The molecule has 1 aliphatic heterocycles. The topological polar surface area (TPSA) is 125 Å². The Morgan fingerprint density at radius 3 is 3.14 bits per heavy atom. The van der Waals surface area contributed by atoms with Crippen LogP contribution >= 0.6 is 18.2 Å². The quantitative estimate of drug-likeness (QED) is 0.776. The fraction of sp³-hybridized carbons (Fsp3) is 0.545. The van der Waals surface area contributed by atoms with Crippen LogP contribution in [0.1, 0.15) is 19.1 Å². The number of nitrogen functional groups attached to an aromatic ring is 1. The van der Waals surface area contributed by atoms with E-state index in [0.717, 1.165) is 24.2 Å². The fourth-order valence-electron chi connectivity index (χ4n) is 2.32. The van der Waals surface area contributed by atoms with Crippen molar-refractivity contribution in [1.82, 2.24) is 19.5 Å². The third-order valence-electron chi connectivity index (χ3n) is 3.44. The Labute approximate surface area is 130 Å². The van der Waals surface area contributed by atoms with Crippen molar-refractivity contribution in [2.45, 2.75) is 25.2 Å². The molecule has 1 saturated heterocycles. The Morgan fingerprint density at radius 2 is 2.36 bits per heavy atom. The molecule has 120 valence electrons. The predicted molar refractivity (Wildman–Crippen MR) is 82.2 cm³/mol. The average molecular weight is 345 g/mol. The molecule has 3 N–H and O–H groups in total. The number of nitrogens with two attached hydrogens (primary N) is 1. The highest BCUT2D eigenvalue weighted by molar-refractivity contribution is 8.54. The molecule has 3 heterocycles. The number of fused-ring (bicyclic) bond motifs is 1. The van der Waals surface area contributed by atoms with Crippen molar-refractivity contribution in [3.8, 4) is 0 Å². The van der Waals surface area contributed by atoms with Gasteiger partial charge in [0.25, 0.3) is 0 Å². The van der Waals surface area contributed by atoms with Gasteiger partial charge in [-0.25, -0.2) is 19.5 Å². The van der Waals surface area contributed by atoms with Crippen molar-refractivity contribution >= 4 is 35.2 Å². The lowest BCUT2D eigenvalue weighted by atomic mass is 10.2. The van der Waals surface area contributed by atoms with Gasteiger partial charge < -0.3 is 15.4 Å². The van der Waals surface area contributed by atoms with Gasteiger partial charge in [0.05, 0.1) is 19.0 Å². The molecule has 22 heavy (non-hydrogen) atoms. The Morgan fingerprint density at radius 1 is 1.55 bits per heavy atom. The maximum atomic E-state index is 11.5. The van der Waals surface area contributed by atoms with Crippen LogP contribution < -0.4 is 5.73 Å². The summed E-state index contributed by atoms with van der Waals surface area (Å²) in [5, 5.41) is 0. The van der Waals surface area contributed by atoms with Gasteiger partial charge in [-0.15, -0.1) is 0 Å². The van der Waals surface area contributed by atoms with E-state index in [-0.39, 0.29) is 18.9 Å². The lowest BCUT2D eigenvalue weighted by Gasteiger charge is -2.16. The molecular weight excluding hydrogens is 329 g/mol. The van der Waals surface area contributed by atoms with Gasteiger partial charge in [0.2, 0.25) is 0 Å². The number of hydrogen-bond donors (Lipinski definition) is 2. The van der Waals surface area contributed by atoms with Crippen molar-refractivity contribution in [3.05, 3.63) is 12.7 Å². The molecule has 9 nitrogen and oxygen atoms in total. The van der Waals surface area contributed by atoms with E-state index in [1.807, 2.05) is 0 Å². The van der Waals surface area contributed by atoms with Gasteiger partial charge in [0.1, 0.15) is 18.1 Å². The highest BCUT2D eigenvalue weighted by Gasteiger charge is 2.30. The summed E-state index contributed by atoms with van der Waals surface area (Å²) in [4.78, 5) is 21.7. The summed E-state index contributed by atoms with van der Waals surface area (Å²) in [7, 11) is 0. The van der Waals surface area contributed by atoms with Gasteiger partial charge in [0.15, 0.2) is 11.5 Å². The zero-order valence-electron chi connectivity index (χ0n) is 11.8. The second-order valence-corrected chi connectivity index (χ2v) is 8.86. The van der Waals surface area contributed by atoms with E-state index in [2.05, 4.69) is 15.0 Å². The first-order chi connectivity index (χ1) is 10.5. The summed E-state index contributed by atoms with van der Waals surface area (Å²) < 4.78 is 24.1. The second-order valence-electron chi connectivity index (χ2n) is 4.82. The molecule has 0 aliphatic carbocycles. The maximum absolute atomic E-state index is 11.5. The molecule has 0 spiro atoms. The average Bonchev–Trinajstić information content (AvgIpc) is 3.12. The molecule has 1 fully saturated rings. The Bertz CT molecular complexity index is 726. The summed E-state index contributed by atoms with van der Waals surface area (Å²) in [5.74, 6) is 0.322. The minimum atomic E-state index is -3.57. The van der Waals surface area contributed by atoms with Crippen molar-refractivity contribution in [2.24, 2.45) is 0 Å². The van der Waals surface area contributed by atoms with Crippen molar-refractivity contribution < 1.29 is 18.7 Å². The van der Waals surface area contributed by atoms with E-state index in [0.29, 0.717) is 17.0 Å². The zero-order chi connectivity index (χ0) is 15.7. The molecule has 3 atom stereocenters. The first kappa shape index (κ1) is 15.7. The molecule has 0 bridgehead atoms. The molecule has 11 heteroatoms. The SMILES string of the molecule is CSP(=O)(O)OCC1CC[C@H](n2cnc3c(N)ncnc32)O1. The van der Waals surface area contributed by atoms with Crippen LogP contribution in [0.5, 0.6) is 0 Å². The third-order valence-corrected chi connectivity index (χ3v) is 6.07. The van der Waals surface area contributed by atoms with Crippen molar-refractivity contribution in [3.63, 3.8) is 0 Å². The number of nitrogens with zero attached hydrogens (tertiary/aromatic N) is 4. The van der Waals surface area contributed by atoms with Crippen LogP contribution in [0, 0.1) is 0 Å². The molecule has 0 amide bonds. The highest BCUT2D eigenvalue weighted by Crippen LogP contribution is 2.54. The standard InChI is InChI=1S/C11H16N5O4PS/c1-22-21(17,18)19-4-7-2-3-8(20-7)16-6-15-9-10(12)13-5-14-11(9)16/h5-8H,2-4H2,1H3,(H,17,18)(H2,12,13,14)/t7?,8-/m1/s1. The zero-order valence-corrected chi connectivity index (χ0v) is 13.5. The molecule has 1 aliphatic rings. The first-order valence-corrected chi connectivity index (χ1v) is 10.0. The van der Waals surface area contributed by atoms with E-state index in [4.69, 9.17) is 15.0 Å². The normalized spacial score (nSPS) is 24.6. The van der Waals surface area contributed by atoms with Gasteiger partial charge in [-0.05, 0) is 30.5 Å². The number of anilines is 1. The van der Waals surface area contributed by atoms with Crippen LogP contribution in [0.3, 0.4) is 0 Å². The summed E-state index contributed by atoms with van der Waals surface area (Å²) in [6, 6.07) is 0. The van der Waals surface area contributed by atoms with E-state index in [1.54, 1.807) is 10.9 Å².